The Morgan fingerprint density at radius 2 is 2.27 bits per heavy atom. The fourth-order valence-electron chi connectivity index (χ4n) is 1.29. The summed E-state index contributed by atoms with van der Waals surface area (Å²) in [6, 6.07) is 7.76. The van der Waals surface area contributed by atoms with Crippen molar-refractivity contribution in [2.24, 2.45) is 0 Å². The lowest BCUT2D eigenvalue weighted by Crippen LogP contribution is -2.02. The first-order valence-electron chi connectivity index (χ1n) is 4.74. The van der Waals surface area contributed by atoms with Crippen molar-refractivity contribution in [3.05, 3.63) is 34.9 Å². The third-order valence-electron chi connectivity index (χ3n) is 2.27. The van der Waals surface area contributed by atoms with E-state index in [9.17, 15) is 4.79 Å². The number of carbonyl (C=O) groups excluding carboxylic acids is 1. The third kappa shape index (κ3) is 3.10. The van der Waals surface area contributed by atoms with E-state index >= 15 is 0 Å². The molecule has 0 aromatic heterocycles. The van der Waals surface area contributed by atoms with Gasteiger partial charge in [0.1, 0.15) is 0 Å². The summed E-state index contributed by atoms with van der Waals surface area (Å²) >= 11 is 0. The van der Waals surface area contributed by atoms with E-state index in [0.717, 1.165) is 11.1 Å². The van der Waals surface area contributed by atoms with Gasteiger partial charge >= 0.3 is 5.97 Å². The number of nitriles is 1. The van der Waals surface area contributed by atoms with Gasteiger partial charge in [-0.2, -0.15) is 5.26 Å². The minimum Gasteiger partial charge on any atom is -0.469 e. The summed E-state index contributed by atoms with van der Waals surface area (Å²) < 4.78 is 4.55. The Bertz CT molecular complexity index is 405. The summed E-state index contributed by atoms with van der Waals surface area (Å²) in [5.41, 5.74) is 2.61. The van der Waals surface area contributed by atoms with E-state index < -0.39 is 0 Å². The number of nitrogens with zero attached hydrogens (tertiary/aromatic N) is 1. The second-order valence-electron chi connectivity index (χ2n) is 3.34. The summed E-state index contributed by atoms with van der Waals surface area (Å²) in [5, 5.41) is 8.82. The summed E-state index contributed by atoms with van der Waals surface area (Å²) in [6.07, 6.45) is 0.964. The van der Waals surface area contributed by atoms with E-state index in [0.29, 0.717) is 18.4 Å². The Kier molecular flexibility index (Phi) is 3.87. The minimum absolute atomic E-state index is 0.228. The van der Waals surface area contributed by atoms with Crippen LogP contribution in [0.25, 0.3) is 0 Å². The van der Waals surface area contributed by atoms with E-state index in [4.69, 9.17) is 5.26 Å². The molecule has 0 unspecified atom stereocenters. The Labute approximate surface area is 89.3 Å². The first-order valence-corrected chi connectivity index (χ1v) is 4.74. The number of aryl methyl sites for hydroxylation is 2. The molecule has 0 aliphatic carbocycles. The molecule has 1 aromatic rings. The molecule has 0 saturated heterocycles. The lowest BCUT2D eigenvalue weighted by molar-refractivity contribution is -0.140. The molecule has 0 heterocycles. The van der Waals surface area contributed by atoms with E-state index in [1.54, 1.807) is 0 Å². The number of carbonyl (C=O) groups is 1. The largest absolute Gasteiger partial charge is 0.469 e. The zero-order valence-electron chi connectivity index (χ0n) is 8.91. The fraction of sp³-hybridized carbons (Fsp3) is 0.333. The summed E-state index contributed by atoms with van der Waals surface area (Å²) in [6.45, 7) is 1.89. The monoisotopic (exact) mass is 203 g/mol. The van der Waals surface area contributed by atoms with Crippen molar-refractivity contribution in [3.63, 3.8) is 0 Å². The molecule has 0 saturated carbocycles. The first-order chi connectivity index (χ1) is 7.17. The number of rotatable bonds is 3. The molecule has 0 amide bonds. The second kappa shape index (κ2) is 5.16. The summed E-state index contributed by atoms with van der Waals surface area (Å²) in [4.78, 5) is 10.9. The predicted octanol–water partition coefficient (Wildman–Crippen LogP) is 1.97. The van der Waals surface area contributed by atoms with Crippen molar-refractivity contribution >= 4 is 5.97 Å². The molecule has 0 radical (unpaired) electrons. The zero-order chi connectivity index (χ0) is 11.3. The highest BCUT2D eigenvalue weighted by atomic mass is 16.5. The van der Waals surface area contributed by atoms with Gasteiger partial charge in [-0.3, -0.25) is 4.79 Å². The Balaban J connectivity index is 2.71. The van der Waals surface area contributed by atoms with Gasteiger partial charge in [-0.15, -0.1) is 0 Å². The van der Waals surface area contributed by atoms with E-state index in [1.807, 2.05) is 25.1 Å². The maximum atomic E-state index is 10.9. The van der Waals surface area contributed by atoms with E-state index in [2.05, 4.69) is 10.8 Å². The Morgan fingerprint density at radius 3 is 2.87 bits per heavy atom. The average molecular weight is 203 g/mol. The highest BCUT2D eigenvalue weighted by Crippen LogP contribution is 2.11. The Morgan fingerprint density at radius 1 is 1.53 bits per heavy atom. The molecule has 0 bridgehead atoms. The quantitative estimate of drug-likeness (QED) is 0.706. The van der Waals surface area contributed by atoms with Crippen LogP contribution in [0.3, 0.4) is 0 Å². The maximum absolute atomic E-state index is 10.9. The molecule has 15 heavy (non-hydrogen) atoms. The van der Waals surface area contributed by atoms with Gasteiger partial charge in [-0.05, 0) is 30.5 Å². The molecule has 1 rings (SSSR count). The average Bonchev–Trinajstić information content (AvgIpc) is 2.27. The van der Waals surface area contributed by atoms with Crippen molar-refractivity contribution in [1.82, 2.24) is 0 Å². The Hall–Kier alpha value is -1.82. The van der Waals surface area contributed by atoms with Gasteiger partial charge in [-0.25, -0.2) is 0 Å². The smallest absolute Gasteiger partial charge is 0.305 e. The standard InChI is InChI=1S/C12H13NO2/c1-9-3-4-10(7-11(9)8-13)5-6-12(14)15-2/h3-4,7H,5-6H2,1-2H3. The van der Waals surface area contributed by atoms with Crippen LogP contribution in [0.2, 0.25) is 0 Å². The number of benzene rings is 1. The summed E-state index contributed by atoms with van der Waals surface area (Å²) in [5.74, 6) is -0.228. The van der Waals surface area contributed by atoms with Crippen molar-refractivity contribution in [2.75, 3.05) is 7.11 Å². The lowest BCUT2D eigenvalue weighted by Gasteiger charge is -2.02. The minimum atomic E-state index is -0.228. The highest BCUT2D eigenvalue weighted by molar-refractivity contribution is 5.69. The van der Waals surface area contributed by atoms with Crippen LogP contribution in [-0.4, -0.2) is 13.1 Å². The molecule has 0 fully saturated rings. The molecule has 3 nitrogen and oxygen atoms in total. The topological polar surface area (TPSA) is 50.1 Å². The molecular weight excluding hydrogens is 190 g/mol. The molecule has 1 aromatic carbocycles. The fourth-order valence-corrected chi connectivity index (χ4v) is 1.29. The van der Waals surface area contributed by atoms with Crippen LogP contribution in [0, 0.1) is 18.3 Å². The molecular formula is C12H13NO2. The van der Waals surface area contributed by atoms with Gasteiger partial charge in [0.2, 0.25) is 0 Å². The van der Waals surface area contributed by atoms with Crippen LogP contribution >= 0.6 is 0 Å². The molecule has 3 heteroatoms. The van der Waals surface area contributed by atoms with Gasteiger partial charge in [0, 0.05) is 6.42 Å². The number of esters is 1. The van der Waals surface area contributed by atoms with Gasteiger partial charge < -0.3 is 4.74 Å². The number of hydrogen-bond donors (Lipinski definition) is 0. The second-order valence-corrected chi connectivity index (χ2v) is 3.34. The zero-order valence-corrected chi connectivity index (χ0v) is 8.91. The van der Waals surface area contributed by atoms with Crippen molar-refractivity contribution in [3.8, 4) is 6.07 Å². The SMILES string of the molecule is COC(=O)CCc1ccc(C)c(C#N)c1. The molecule has 0 aliphatic heterocycles. The number of methoxy groups -OCH3 is 1. The third-order valence-corrected chi connectivity index (χ3v) is 2.27. The van der Waals surface area contributed by atoms with E-state index in [-0.39, 0.29) is 5.97 Å². The molecule has 78 valence electrons. The van der Waals surface area contributed by atoms with Crippen LogP contribution < -0.4 is 0 Å². The van der Waals surface area contributed by atoms with Gasteiger partial charge in [0.25, 0.3) is 0 Å². The highest BCUT2D eigenvalue weighted by Gasteiger charge is 2.03. The number of hydrogen-bond acceptors (Lipinski definition) is 3. The van der Waals surface area contributed by atoms with Crippen LogP contribution in [0.4, 0.5) is 0 Å². The van der Waals surface area contributed by atoms with Crippen molar-refractivity contribution < 1.29 is 9.53 Å². The van der Waals surface area contributed by atoms with Crippen LogP contribution in [-0.2, 0) is 16.0 Å². The molecule has 0 N–H and O–H groups in total. The van der Waals surface area contributed by atoms with Crippen molar-refractivity contribution in [2.45, 2.75) is 19.8 Å². The molecule has 0 atom stereocenters. The van der Waals surface area contributed by atoms with Crippen LogP contribution in [0.1, 0.15) is 23.1 Å². The predicted molar refractivity (Wildman–Crippen MR) is 56.2 cm³/mol. The van der Waals surface area contributed by atoms with Gasteiger partial charge in [-0.1, -0.05) is 12.1 Å². The normalized spacial score (nSPS) is 9.40. The van der Waals surface area contributed by atoms with Crippen molar-refractivity contribution in [1.29, 1.82) is 5.26 Å². The first kappa shape index (κ1) is 11.3. The molecule has 0 aliphatic rings. The number of ether oxygens (including phenoxy) is 1. The van der Waals surface area contributed by atoms with Crippen LogP contribution in [0.15, 0.2) is 18.2 Å². The van der Waals surface area contributed by atoms with Gasteiger partial charge in [0.15, 0.2) is 0 Å². The van der Waals surface area contributed by atoms with E-state index in [1.165, 1.54) is 7.11 Å². The van der Waals surface area contributed by atoms with Crippen LogP contribution in [0.5, 0.6) is 0 Å². The maximum Gasteiger partial charge on any atom is 0.305 e. The van der Waals surface area contributed by atoms with Gasteiger partial charge in [0.05, 0.1) is 18.7 Å². The lowest BCUT2D eigenvalue weighted by atomic mass is 10.0. The summed E-state index contributed by atoms with van der Waals surface area (Å²) in [7, 11) is 1.37. The molecule has 0 spiro atoms.